The molecule has 0 bridgehead atoms. The molecule has 4 saturated heterocycles. The second-order valence-corrected chi connectivity index (χ2v) is 37.4. The first-order valence-electron chi connectivity index (χ1n) is 8.89. The van der Waals surface area contributed by atoms with Crippen molar-refractivity contribution in [1.29, 1.82) is 0 Å². The predicted molar refractivity (Wildman–Crippen MR) is 108 cm³/mol. The molecule has 4 aliphatic heterocycles. The molecule has 0 saturated carbocycles. The van der Waals surface area contributed by atoms with Crippen molar-refractivity contribution in [3.05, 3.63) is 0 Å². The van der Waals surface area contributed by atoms with Gasteiger partial charge >= 0.3 is 154 Å². The summed E-state index contributed by atoms with van der Waals surface area (Å²) in [6.45, 7) is 0. The zero-order chi connectivity index (χ0) is 14.1. The third-order valence-corrected chi connectivity index (χ3v) is 54.5. The first-order valence-corrected chi connectivity index (χ1v) is 22.1. The summed E-state index contributed by atoms with van der Waals surface area (Å²) in [4.78, 5) is 0. The van der Waals surface area contributed by atoms with E-state index in [1.54, 1.807) is 51.4 Å². The van der Waals surface area contributed by atoms with Crippen LogP contribution in [0.1, 0.15) is 51.4 Å². The third kappa shape index (κ3) is 3.12. The van der Waals surface area contributed by atoms with E-state index in [9.17, 15) is 0 Å². The van der Waals surface area contributed by atoms with Gasteiger partial charge in [-0.2, -0.15) is 0 Å². The summed E-state index contributed by atoms with van der Waals surface area (Å²) in [6.07, 6.45) is 12.7. The molecule has 4 unspecified atom stereocenters. The molecule has 4 atom stereocenters. The predicted octanol–water partition coefficient (Wildman–Crippen LogP) is 5.17. The van der Waals surface area contributed by atoms with Crippen LogP contribution in [-0.4, -0.2) is 55.4 Å². The number of thioether (sulfide) groups is 4. The summed E-state index contributed by atoms with van der Waals surface area (Å²) in [6, 6.07) is 0. The summed E-state index contributed by atoms with van der Waals surface area (Å²) >= 11 is 7.53. The zero-order valence-electron chi connectivity index (χ0n) is 12.9. The second kappa shape index (κ2) is 7.69. The molecule has 5 heteroatoms. The van der Waals surface area contributed by atoms with E-state index >= 15 is 0 Å². The molecule has 0 nitrogen and oxygen atoms in total. The van der Waals surface area contributed by atoms with Gasteiger partial charge in [0.2, 0.25) is 0 Å². The molecular weight excluding hydrogens is 528 g/mol. The molecule has 4 rings (SSSR count). The first kappa shape index (κ1) is 16.8. The van der Waals surface area contributed by atoms with Crippen molar-refractivity contribution in [3.8, 4) is 0 Å². The van der Waals surface area contributed by atoms with E-state index in [1.807, 2.05) is 0 Å². The van der Waals surface area contributed by atoms with Crippen LogP contribution in [0.2, 0.25) is 0 Å². The van der Waals surface area contributed by atoms with Crippen LogP contribution in [0.15, 0.2) is 0 Å². The normalized spacial score (nSPS) is 43.4. The fraction of sp³-hybridized carbons (Fsp3) is 1.00. The van der Waals surface area contributed by atoms with Crippen LogP contribution in [0.5, 0.6) is 0 Å². The Morgan fingerprint density at radius 2 is 0.762 bits per heavy atom. The van der Waals surface area contributed by atoms with Gasteiger partial charge in [0.05, 0.1) is 0 Å². The molecule has 4 fully saturated rings. The van der Waals surface area contributed by atoms with Crippen molar-refractivity contribution in [2.45, 2.75) is 62.6 Å². The van der Waals surface area contributed by atoms with E-state index in [-0.39, 0.29) is 0 Å². The van der Waals surface area contributed by atoms with E-state index in [0.717, 1.165) is 0 Å². The van der Waals surface area contributed by atoms with Crippen LogP contribution >= 0.6 is 47.0 Å². The third-order valence-electron chi connectivity index (χ3n) is 5.95. The molecule has 0 aliphatic carbocycles. The number of rotatable bonds is 4. The summed E-state index contributed by atoms with van der Waals surface area (Å²) in [7, 11) is 0. The molecule has 0 amide bonds. The number of hydrogen-bond acceptors (Lipinski definition) is 4. The maximum atomic E-state index is 2.47. The average Bonchev–Trinajstić information content (AvgIpc) is 3.32. The van der Waals surface area contributed by atoms with Crippen molar-refractivity contribution in [2.24, 2.45) is 0 Å². The zero-order valence-corrected chi connectivity index (χ0v) is 20.1. The standard InChI is InChI=1S/4C4H7S.Pb/c4*1-2-4-5-3-1;/h4*3H,1-2,4H2;. The minimum atomic E-state index is -2.34. The van der Waals surface area contributed by atoms with Crippen molar-refractivity contribution in [3.63, 3.8) is 0 Å². The van der Waals surface area contributed by atoms with Gasteiger partial charge in [-0.1, -0.05) is 0 Å². The molecule has 0 aromatic heterocycles. The Kier molecular flexibility index (Phi) is 6.14. The molecule has 21 heavy (non-hydrogen) atoms. The van der Waals surface area contributed by atoms with Gasteiger partial charge in [0, 0.05) is 0 Å². The topological polar surface area (TPSA) is 0 Å². The van der Waals surface area contributed by atoms with Gasteiger partial charge in [-0.25, -0.2) is 0 Å². The Labute approximate surface area is 152 Å². The maximum absolute atomic E-state index is 2.47. The van der Waals surface area contributed by atoms with Gasteiger partial charge in [-0.3, -0.25) is 0 Å². The monoisotopic (exact) mass is 556 g/mol. The Bertz CT molecular complexity index is 271. The van der Waals surface area contributed by atoms with Gasteiger partial charge in [-0.05, 0) is 0 Å². The summed E-state index contributed by atoms with van der Waals surface area (Å²) in [5, 5.41) is 0. The second-order valence-electron chi connectivity index (χ2n) is 7.01. The van der Waals surface area contributed by atoms with Crippen LogP contribution < -0.4 is 0 Å². The van der Waals surface area contributed by atoms with Crippen molar-refractivity contribution < 1.29 is 0 Å². The van der Waals surface area contributed by atoms with Crippen molar-refractivity contribution in [1.82, 2.24) is 0 Å². The molecule has 4 aliphatic rings. The Morgan fingerprint density at radius 3 is 0.952 bits per heavy atom. The SMILES string of the molecule is C1CS[CH]([Pb]([CH]2CCCS2)([CH]2CCCS2)[CH]2CCCS2)C1. The van der Waals surface area contributed by atoms with E-state index < -0.39 is 21.2 Å². The molecule has 120 valence electrons. The molecule has 0 aromatic carbocycles. The minimum absolute atomic E-state index is 1.21. The van der Waals surface area contributed by atoms with Crippen LogP contribution in [0.25, 0.3) is 0 Å². The Balaban J connectivity index is 1.71. The molecule has 4 heterocycles. The van der Waals surface area contributed by atoms with Crippen molar-refractivity contribution >= 4 is 68.2 Å². The van der Waals surface area contributed by atoms with Gasteiger partial charge in [-0.15, -0.1) is 0 Å². The summed E-state index contributed by atoms with van der Waals surface area (Å²) in [5.74, 6) is 5.99. The summed E-state index contributed by atoms with van der Waals surface area (Å²) in [5.41, 5.74) is 0. The van der Waals surface area contributed by atoms with Gasteiger partial charge < -0.3 is 0 Å². The van der Waals surface area contributed by atoms with E-state index in [0.29, 0.717) is 0 Å². The Morgan fingerprint density at radius 1 is 0.476 bits per heavy atom. The molecular formula is C16H28PbS4. The van der Waals surface area contributed by atoms with Crippen molar-refractivity contribution in [2.75, 3.05) is 23.0 Å². The summed E-state index contributed by atoms with van der Waals surface area (Å²) < 4.78 is 4.83. The molecule has 0 N–H and O–H groups in total. The molecule has 0 spiro atoms. The van der Waals surface area contributed by atoms with E-state index in [4.69, 9.17) is 0 Å². The van der Waals surface area contributed by atoms with Crippen LogP contribution in [0.4, 0.5) is 0 Å². The number of hydrogen-bond donors (Lipinski definition) is 0. The van der Waals surface area contributed by atoms with Gasteiger partial charge in [0.25, 0.3) is 0 Å². The molecule has 0 radical (unpaired) electrons. The fourth-order valence-corrected chi connectivity index (χ4v) is 71.5. The van der Waals surface area contributed by atoms with E-state index in [2.05, 4.69) is 47.0 Å². The Hall–Kier alpha value is 2.32. The fourth-order valence-electron chi connectivity index (χ4n) is 5.13. The van der Waals surface area contributed by atoms with E-state index in [1.165, 1.54) is 34.2 Å². The first-order chi connectivity index (χ1) is 10.4. The van der Waals surface area contributed by atoms with Crippen LogP contribution in [0, 0.1) is 0 Å². The van der Waals surface area contributed by atoms with Gasteiger partial charge in [0.1, 0.15) is 0 Å². The average molecular weight is 556 g/mol. The van der Waals surface area contributed by atoms with Crippen LogP contribution in [0.3, 0.4) is 0 Å². The molecule has 0 aromatic rings. The van der Waals surface area contributed by atoms with Crippen LogP contribution in [-0.2, 0) is 0 Å². The van der Waals surface area contributed by atoms with Gasteiger partial charge in [0.15, 0.2) is 0 Å². The quantitative estimate of drug-likeness (QED) is 0.439.